The number of aryl methyl sites for hydroxylation is 1. The average Bonchev–Trinajstić information content (AvgIpc) is 2.54. The fourth-order valence-electron chi connectivity index (χ4n) is 2.56. The number of carbonyl (C=O) groups is 2. The maximum absolute atomic E-state index is 12.3. The summed E-state index contributed by atoms with van der Waals surface area (Å²) in [6.07, 6.45) is 2.43. The Bertz CT molecular complexity index is 720. The number of carboxylic acids is 1. The molecule has 24 heavy (non-hydrogen) atoms. The molecule has 0 aliphatic carbocycles. The number of sulfone groups is 1. The third kappa shape index (κ3) is 4.35. The Morgan fingerprint density at radius 2 is 1.75 bits per heavy atom. The summed E-state index contributed by atoms with van der Waals surface area (Å²) in [7, 11) is -3.44. The van der Waals surface area contributed by atoms with E-state index in [0.717, 1.165) is 6.26 Å². The molecule has 0 spiro atoms. The van der Waals surface area contributed by atoms with Crippen LogP contribution in [0, 0.1) is 5.41 Å². The number of benzene rings is 1. The lowest BCUT2D eigenvalue weighted by atomic mass is 9.82. The first-order valence-corrected chi connectivity index (χ1v) is 9.85. The summed E-state index contributed by atoms with van der Waals surface area (Å²) in [6.45, 7) is 5.37. The summed E-state index contributed by atoms with van der Waals surface area (Å²) in [5.74, 6) is -1.43. The second kappa shape index (κ2) is 7.79. The SMILES string of the molecule is CCc1ccc(C(=O)NCC(CC)(CC)C(=O)O)cc1S(C)(=O)=O. The van der Waals surface area contributed by atoms with Crippen LogP contribution in [0.25, 0.3) is 0 Å². The van der Waals surface area contributed by atoms with Crippen LogP contribution in [0.5, 0.6) is 0 Å². The van der Waals surface area contributed by atoms with Gasteiger partial charge < -0.3 is 10.4 Å². The molecule has 0 saturated heterocycles. The van der Waals surface area contributed by atoms with Crippen LogP contribution in [0.15, 0.2) is 23.1 Å². The first-order chi connectivity index (χ1) is 11.1. The fourth-order valence-corrected chi connectivity index (χ4v) is 3.59. The number of carbonyl (C=O) groups excluding carboxylic acids is 1. The Morgan fingerprint density at radius 1 is 1.17 bits per heavy atom. The van der Waals surface area contributed by atoms with Gasteiger partial charge in [-0.3, -0.25) is 9.59 Å². The Kier molecular flexibility index (Phi) is 6.54. The highest BCUT2D eigenvalue weighted by molar-refractivity contribution is 7.90. The highest BCUT2D eigenvalue weighted by atomic mass is 32.2. The van der Waals surface area contributed by atoms with Crippen molar-refractivity contribution in [3.8, 4) is 0 Å². The van der Waals surface area contributed by atoms with E-state index < -0.39 is 27.1 Å². The van der Waals surface area contributed by atoms with Crippen LogP contribution in [-0.2, 0) is 21.1 Å². The molecule has 0 aliphatic rings. The Hall–Kier alpha value is -1.89. The molecule has 0 bridgehead atoms. The number of hydrogen-bond acceptors (Lipinski definition) is 4. The Balaban J connectivity index is 3.07. The fraction of sp³-hybridized carbons (Fsp3) is 0.529. The zero-order chi connectivity index (χ0) is 18.5. The lowest BCUT2D eigenvalue weighted by molar-refractivity contribution is -0.149. The molecule has 7 heteroatoms. The molecule has 1 aromatic carbocycles. The van der Waals surface area contributed by atoms with Crippen LogP contribution >= 0.6 is 0 Å². The minimum absolute atomic E-state index is 0.00208. The van der Waals surface area contributed by atoms with Crippen LogP contribution in [-0.4, -0.2) is 38.2 Å². The molecule has 0 fully saturated rings. The van der Waals surface area contributed by atoms with Gasteiger partial charge in [-0.15, -0.1) is 0 Å². The van der Waals surface area contributed by atoms with Crippen LogP contribution in [0.2, 0.25) is 0 Å². The lowest BCUT2D eigenvalue weighted by Crippen LogP contribution is -2.42. The lowest BCUT2D eigenvalue weighted by Gasteiger charge is -2.26. The average molecular weight is 355 g/mol. The van der Waals surface area contributed by atoms with Gasteiger partial charge in [-0.2, -0.15) is 0 Å². The summed E-state index contributed by atoms with van der Waals surface area (Å²) in [4.78, 5) is 23.9. The van der Waals surface area contributed by atoms with E-state index in [2.05, 4.69) is 5.32 Å². The molecule has 1 rings (SSSR count). The molecule has 134 valence electrons. The van der Waals surface area contributed by atoms with Gasteiger partial charge in [0, 0.05) is 18.4 Å². The van der Waals surface area contributed by atoms with E-state index in [4.69, 9.17) is 0 Å². The highest BCUT2D eigenvalue weighted by Crippen LogP contribution is 2.26. The van der Waals surface area contributed by atoms with Crippen molar-refractivity contribution in [2.75, 3.05) is 12.8 Å². The Labute approximate surface area is 143 Å². The van der Waals surface area contributed by atoms with Gasteiger partial charge in [-0.1, -0.05) is 26.8 Å². The van der Waals surface area contributed by atoms with Crippen molar-refractivity contribution in [1.29, 1.82) is 0 Å². The van der Waals surface area contributed by atoms with Gasteiger partial charge in [-0.05, 0) is 37.0 Å². The van der Waals surface area contributed by atoms with Crippen LogP contribution in [0.1, 0.15) is 49.5 Å². The number of carboxylic acid groups (broad SMARTS) is 1. The molecule has 0 radical (unpaired) electrons. The summed E-state index contributed by atoms with van der Waals surface area (Å²) in [6, 6.07) is 4.53. The van der Waals surface area contributed by atoms with Gasteiger partial charge >= 0.3 is 5.97 Å². The van der Waals surface area contributed by atoms with E-state index in [1.54, 1.807) is 26.0 Å². The van der Waals surface area contributed by atoms with E-state index in [1.807, 2.05) is 6.92 Å². The third-order valence-corrected chi connectivity index (χ3v) is 5.68. The molecule has 0 saturated carbocycles. The summed E-state index contributed by atoms with van der Waals surface area (Å²) >= 11 is 0. The predicted octanol–water partition coefficient (Wildman–Crippen LogP) is 2.27. The Morgan fingerprint density at radius 3 is 2.17 bits per heavy atom. The highest BCUT2D eigenvalue weighted by Gasteiger charge is 2.35. The molecule has 6 nitrogen and oxygen atoms in total. The van der Waals surface area contributed by atoms with Crippen molar-refractivity contribution in [3.63, 3.8) is 0 Å². The van der Waals surface area contributed by atoms with Crippen molar-refractivity contribution in [1.82, 2.24) is 5.32 Å². The number of hydrogen-bond donors (Lipinski definition) is 2. The molecular formula is C17H25NO5S. The number of nitrogens with one attached hydrogen (secondary N) is 1. The van der Waals surface area contributed by atoms with Crippen molar-refractivity contribution >= 4 is 21.7 Å². The second-order valence-corrected chi connectivity index (χ2v) is 7.91. The quantitative estimate of drug-likeness (QED) is 0.745. The van der Waals surface area contributed by atoms with E-state index in [-0.39, 0.29) is 17.0 Å². The maximum atomic E-state index is 12.3. The molecule has 0 unspecified atom stereocenters. The van der Waals surface area contributed by atoms with Crippen molar-refractivity contribution < 1.29 is 23.1 Å². The number of amides is 1. The normalized spacial score (nSPS) is 12.0. The molecule has 0 heterocycles. The summed E-state index contributed by atoms with van der Waals surface area (Å²) in [5, 5.41) is 12.0. The summed E-state index contributed by atoms with van der Waals surface area (Å²) in [5.41, 5.74) is -0.159. The second-order valence-electron chi connectivity index (χ2n) is 5.92. The molecule has 0 aromatic heterocycles. The van der Waals surface area contributed by atoms with Crippen molar-refractivity contribution in [3.05, 3.63) is 29.3 Å². The van der Waals surface area contributed by atoms with Gasteiger partial charge in [0.2, 0.25) is 0 Å². The van der Waals surface area contributed by atoms with Gasteiger partial charge in [-0.25, -0.2) is 8.42 Å². The standard InChI is InChI=1S/C17H25NO5S/c1-5-12-8-9-13(10-14(12)24(4,22)23)15(19)18-11-17(6-2,7-3)16(20)21/h8-10H,5-7,11H2,1-4H3,(H,18,19)(H,20,21). The summed E-state index contributed by atoms with van der Waals surface area (Å²) < 4.78 is 23.8. The largest absolute Gasteiger partial charge is 0.481 e. The molecule has 2 N–H and O–H groups in total. The van der Waals surface area contributed by atoms with Crippen molar-refractivity contribution in [2.24, 2.45) is 5.41 Å². The zero-order valence-corrected chi connectivity index (χ0v) is 15.4. The van der Waals surface area contributed by atoms with Gasteiger partial charge in [0.15, 0.2) is 9.84 Å². The zero-order valence-electron chi connectivity index (χ0n) is 14.5. The first kappa shape index (κ1) is 20.2. The molecule has 0 atom stereocenters. The van der Waals surface area contributed by atoms with Gasteiger partial charge in [0.25, 0.3) is 5.91 Å². The third-order valence-electron chi connectivity index (χ3n) is 4.50. The number of rotatable bonds is 8. The molecule has 1 aromatic rings. The monoisotopic (exact) mass is 355 g/mol. The van der Waals surface area contributed by atoms with E-state index in [1.165, 1.54) is 6.07 Å². The molecular weight excluding hydrogens is 330 g/mol. The van der Waals surface area contributed by atoms with Crippen molar-refractivity contribution in [2.45, 2.75) is 44.9 Å². The van der Waals surface area contributed by atoms with Crippen LogP contribution in [0.4, 0.5) is 0 Å². The van der Waals surface area contributed by atoms with E-state index >= 15 is 0 Å². The van der Waals surface area contributed by atoms with Crippen LogP contribution in [0.3, 0.4) is 0 Å². The topological polar surface area (TPSA) is 101 Å². The minimum Gasteiger partial charge on any atom is -0.481 e. The smallest absolute Gasteiger partial charge is 0.311 e. The maximum Gasteiger partial charge on any atom is 0.311 e. The first-order valence-electron chi connectivity index (χ1n) is 7.95. The predicted molar refractivity (Wildman–Crippen MR) is 91.9 cm³/mol. The van der Waals surface area contributed by atoms with Gasteiger partial charge in [0.1, 0.15) is 0 Å². The van der Waals surface area contributed by atoms with Gasteiger partial charge in [0.05, 0.1) is 10.3 Å². The number of aliphatic carboxylic acids is 1. The van der Waals surface area contributed by atoms with Crippen LogP contribution < -0.4 is 5.32 Å². The molecule has 0 aliphatic heterocycles. The van der Waals surface area contributed by atoms with E-state index in [9.17, 15) is 23.1 Å². The van der Waals surface area contributed by atoms with E-state index in [0.29, 0.717) is 24.8 Å². The molecule has 1 amide bonds. The minimum atomic E-state index is -3.44.